The van der Waals surface area contributed by atoms with Gasteiger partial charge in [0.15, 0.2) is 5.69 Å². The summed E-state index contributed by atoms with van der Waals surface area (Å²) in [6, 6.07) is 65.4. The maximum Gasteiger partial charge on any atom is 0.189 e. The predicted molar refractivity (Wildman–Crippen MR) is 237 cm³/mol. The van der Waals surface area contributed by atoms with Crippen molar-refractivity contribution in [1.29, 1.82) is 5.26 Å². The van der Waals surface area contributed by atoms with Gasteiger partial charge in [0.05, 0.1) is 29.2 Å². The van der Waals surface area contributed by atoms with Gasteiger partial charge < -0.3 is 14.4 Å². The van der Waals surface area contributed by atoms with E-state index in [1.165, 1.54) is 10.9 Å². The van der Waals surface area contributed by atoms with Gasteiger partial charge in [-0.2, -0.15) is 5.26 Å². The number of rotatable bonds is 7. The Morgan fingerprint density at radius 3 is 1.74 bits per heavy atom. The van der Waals surface area contributed by atoms with Gasteiger partial charge >= 0.3 is 0 Å². The minimum Gasteiger partial charge on any atom is -0.312 e. The second kappa shape index (κ2) is 14.2. The van der Waals surface area contributed by atoms with E-state index >= 15 is 0 Å². The highest BCUT2D eigenvalue weighted by Gasteiger charge is 2.20. The molecule has 0 N–H and O–H groups in total. The number of nitriles is 1. The summed E-state index contributed by atoms with van der Waals surface area (Å²) in [6.45, 7) is 14.5. The number of hydrogen-bond acceptors (Lipinski definition) is 3. The van der Waals surface area contributed by atoms with Crippen LogP contribution >= 0.6 is 0 Å². The molecule has 0 aliphatic rings. The van der Waals surface area contributed by atoms with Crippen LogP contribution in [0.3, 0.4) is 0 Å². The van der Waals surface area contributed by atoms with Crippen LogP contribution in [0.1, 0.15) is 31.9 Å². The van der Waals surface area contributed by atoms with E-state index < -0.39 is 0 Å². The summed E-state index contributed by atoms with van der Waals surface area (Å²) in [4.78, 5) is 8.18. The van der Waals surface area contributed by atoms with Gasteiger partial charge in [0, 0.05) is 50.6 Å². The Hall–Kier alpha value is -7.60. The maximum absolute atomic E-state index is 9.76. The number of hydrogen-bond donors (Lipinski definition) is 0. The van der Waals surface area contributed by atoms with E-state index in [1.807, 2.05) is 72.8 Å². The molecule has 0 saturated heterocycles. The van der Waals surface area contributed by atoms with Crippen molar-refractivity contribution in [2.75, 3.05) is 9.80 Å². The molecule has 0 aliphatic carbocycles. The monoisotopic (exact) mass is 733 g/mol. The molecule has 0 saturated carbocycles. The molecule has 0 amide bonds. The number of aromatic nitrogens is 1. The molecule has 57 heavy (non-hydrogen) atoms. The van der Waals surface area contributed by atoms with Gasteiger partial charge in [0.2, 0.25) is 0 Å². The summed E-state index contributed by atoms with van der Waals surface area (Å²) in [5.74, 6) is 0. The Morgan fingerprint density at radius 1 is 0.509 bits per heavy atom. The van der Waals surface area contributed by atoms with Crippen LogP contribution in [0.5, 0.6) is 0 Å². The molecular formula is C52H39N5. The van der Waals surface area contributed by atoms with Crippen LogP contribution in [0.2, 0.25) is 0 Å². The first-order chi connectivity index (χ1) is 27.8. The number of nitrogens with zero attached hydrogens (tertiary/aromatic N) is 5. The third kappa shape index (κ3) is 6.52. The summed E-state index contributed by atoms with van der Waals surface area (Å²) in [5.41, 5.74) is 11.6. The van der Waals surface area contributed by atoms with Gasteiger partial charge in [0.25, 0.3) is 0 Å². The average Bonchev–Trinajstić information content (AvgIpc) is 3.56. The zero-order valence-corrected chi connectivity index (χ0v) is 32.1. The van der Waals surface area contributed by atoms with Crippen LogP contribution in [-0.4, -0.2) is 4.57 Å². The van der Waals surface area contributed by atoms with Gasteiger partial charge in [-0.05, 0) is 125 Å². The van der Waals surface area contributed by atoms with Crippen LogP contribution in [0.25, 0.3) is 43.1 Å². The van der Waals surface area contributed by atoms with Crippen molar-refractivity contribution >= 4 is 72.4 Å². The van der Waals surface area contributed by atoms with Crippen LogP contribution in [0.15, 0.2) is 182 Å². The Kier molecular flexibility index (Phi) is 8.77. The van der Waals surface area contributed by atoms with Gasteiger partial charge in [-0.3, -0.25) is 0 Å². The Bertz CT molecular complexity index is 3010. The van der Waals surface area contributed by atoms with Crippen LogP contribution < -0.4 is 9.80 Å². The third-order valence-electron chi connectivity index (χ3n) is 10.7. The zero-order valence-electron chi connectivity index (χ0n) is 32.1. The second-order valence-corrected chi connectivity index (χ2v) is 15.4. The lowest BCUT2D eigenvalue weighted by Crippen LogP contribution is -2.11. The summed E-state index contributed by atoms with van der Waals surface area (Å²) in [7, 11) is 0. The largest absolute Gasteiger partial charge is 0.312 e. The van der Waals surface area contributed by atoms with Gasteiger partial charge in [-0.1, -0.05) is 99.6 Å². The minimum atomic E-state index is 0.0204. The molecule has 5 nitrogen and oxygen atoms in total. The van der Waals surface area contributed by atoms with Gasteiger partial charge in [-0.15, -0.1) is 0 Å². The number of para-hydroxylation sites is 2. The summed E-state index contributed by atoms with van der Waals surface area (Å²) in [6.07, 6.45) is 0. The molecule has 0 atom stereocenters. The normalized spacial score (nSPS) is 11.4. The molecule has 9 aromatic rings. The van der Waals surface area contributed by atoms with E-state index in [0.29, 0.717) is 11.3 Å². The van der Waals surface area contributed by atoms with Gasteiger partial charge in [-0.25, -0.2) is 4.85 Å². The molecule has 1 heterocycles. The first-order valence-corrected chi connectivity index (χ1v) is 19.1. The SMILES string of the molecule is [C-]#[N+]c1cccc(N(c2ccccc2)c2ccc3c4cc5ccc(N(c6ccccc6)c6cccc(C#N)c6)cc5cc4n(-c4ccc(C(C)(C)C)cc4)c3c2)c1. The van der Waals surface area contributed by atoms with E-state index in [2.05, 4.69) is 155 Å². The van der Waals surface area contributed by atoms with E-state index in [1.54, 1.807) is 0 Å². The molecule has 0 bridgehead atoms. The molecule has 0 unspecified atom stereocenters. The van der Waals surface area contributed by atoms with Crippen molar-refractivity contribution in [1.82, 2.24) is 4.57 Å². The highest BCUT2D eigenvalue weighted by molar-refractivity contribution is 6.14. The molecular weight excluding hydrogens is 695 g/mol. The molecule has 5 heteroatoms. The van der Waals surface area contributed by atoms with E-state index in [0.717, 1.165) is 67.0 Å². The number of fused-ring (bicyclic) bond motifs is 4. The summed E-state index contributed by atoms with van der Waals surface area (Å²) < 4.78 is 2.39. The van der Waals surface area contributed by atoms with E-state index in [9.17, 15) is 5.26 Å². The van der Waals surface area contributed by atoms with Crippen molar-refractivity contribution in [3.05, 3.63) is 205 Å². The lowest BCUT2D eigenvalue weighted by atomic mass is 9.87. The molecule has 272 valence electrons. The first-order valence-electron chi connectivity index (χ1n) is 19.1. The fourth-order valence-electron chi connectivity index (χ4n) is 7.87. The van der Waals surface area contributed by atoms with Crippen molar-refractivity contribution in [3.8, 4) is 11.8 Å². The molecule has 0 radical (unpaired) electrons. The van der Waals surface area contributed by atoms with Crippen LogP contribution in [0.4, 0.5) is 39.8 Å². The van der Waals surface area contributed by atoms with Crippen molar-refractivity contribution in [3.63, 3.8) is 0 Å². The predicted octanol–water partition coefficient (Wildman–Crippen LogP) is 14.6. The lowest BCUT2D eigenvalue weighted by Gasteiger charge is -2.26. The van der Waals surface area contributed by atoms with Crippen molar-refractivity contribution in [2.24, 2.45) is 0 Å². The first kappa shape index (κ1) is 35.1. The third-order valence-corrected chi connectivity index (χ3v) is 10.7. The molecule has 0 spiro atoms. The minimum absolute atomic E-state index is 0.0204. The average molecular weight is 734 g/mol. The quantitative estimate of drug-likeness (QED) is 0.153. The fourth-order valence-corrected chi connectivity index (χ4v) is 7.87. The maximum atomic E-state index is 9.76. The number of anilines is 6. The molecule has 0 fully saturated rings. The topological polar surface area (TPSA) is 39.6 Å². The molecule has 0 aliphatic heterocycles. The lowest BCUT2D eigenvalue weighted by molar-refractivity contribution is 0.590. The Morgan fingerprint density at radius 2 is 1.09 bits per heavy atom. The van der Waals surface area contributed by atoms with E-state index in [-0.39, 0.29) is 5.41 Å². The molecule has 9 rings (SSSR count). The van der Waals surface area contributed by atoms with Crippen LogP contribution in [0, 0.1) is 17.9 Å². The Labute approximate surface area is 333 Å². The Balaban J connectivity index is 1.29. The van der Waals surface area contributed by atoms with Gasteiger partial charge in [0.1, 0.15) is 0 Å². The highest BCUT2D eigenvalue weighted by atomic mass is 15.1. The fraction of sp³-hybridized carbons (Fsp3) is 0.0769. The summed E-state index contributed by atoms with van der Waals surface area (Å²) in [5, 5.41) is 14.3. The summed E-state index contributed by atoms with van der Waals surface area (Å²) >= 11 is 0. The highest BCUT2D eigenvalue weighted by Crippen LogP contribution is 2.43. The molecule has 1 aromatic heterocycles. The van der Waals surface area contributed by atoms with Crippen molar-refractivity contribution in [2.45, 2.75) is 26.2 Å². The number of benzene rings is 8. The standard InChI is InChI=1S/C52H39N5/c1-52(2,3)39-22-25-43(26-23-39)57-50-32-38-30-46(55(41-15-7-5-8-16-41)44-19-11-13-36(29-44)35-53)24-21-37(38)31-49(50)48-28-27-47(34-51(48)57)56(42-17-9-6-10-18-42)45-20-12-14-40(33-45)54-4/h5-34H,1-3H3. The second-order valence-electron chi connectivity index (χ2n) is 15.4. The zero-order chi connectivity index (χ0) is 39.1. The smallest absolute Gasteiger partial charge is 0.189 e. The molecule has 8 aromatic carbocycles. The van der Waals surface area contributed by atoms with Crippen LogP contribution in [-0.2, 0) is 5.41 Å². The van der Waals surface area contributed by atoms with E-state index in [4.69, 9.17) is 6.57 Å². The van der Waals surface area contributed by atoms with Crippen molar-refractivity contribution < 1.29 is 0 Å².